The molecular formula is C20H17BrFN3O3S. The van der Waals surface area contributed by atoms with Crippen molar-refractivity contribution in [2.24, 2.45) is 0 Å². The van der Waals surface area contributed by atoms with Crippen molar-refractivity contribution in [1.82, 2.24) is 14.8 Å². The monoisotopic (exact) mass is 477 g/mol. The van der Waals surface area contributed by atoms with Crippen molar-refractivity contribution in [1.29, 1.82) is 0 Å². The van der Waals surface area contributed by atoms with E-state index in [-0.39, 0.29) is 19.1 Å². The van der Waals surface area contributed by atoms with Gasteiger partial charge in [0, 0.05) is 16.8 Å². The summed E-state index contributed by atoms with van der Waals surface area (Å²) in [7, 11) is 0. The summed E-state index contributed by atoms with van der Waals surface area (Å²) in [5.74, 6) is 2.48. The number of ether oxygens (including phenoxy) is 3. The van der Waals surface area contributed by atoms with E-state index in [1.165, 1.54) is 17.8 Å². The summed E-state index contributed by atoms with van der Waals surface area (Å²) in [6.07, 6.45) is 1.76. The average Bonchev–Trinajstić information content (AvgIpc) is 3.32. The van der Waals surface area contributed by atoms with E-state index < -0.39 is 5.82 Å². The van der Waals surface area contributed by atoms with Gasteiger partial charge in [-0.05, 0) is 29.8 Å². The minimum absolute atomic E-state index is 0.107. The van der Waals surface area contributed by atoms with Crippen LogP contribution in [0.15, 0.2) is 58.7 Å². The Kier molecular flexibility index (Phi) is 6.05. The highest BCUT2D eigenvalue weighted by Gasteiger charge is 2.18. The molecule has 0 radical (unpaired) electrons. The summed E-state index contributed by atoms with van der Waals surface area (Å²) < 4.78 is 33.0. The fraction of sp³-hybridized carbons (Fsp3) is 0.200. The van der Waals surface area contributed by atoms with Crippen LogP contribution in [0.25, 0.3) is 0 Å². The zero-order chi connectivity index (χ0) is 20.2. The number of nitrogens with zero attached hydrogens (tertiary/aromatic N) is 3. The normalized spacial score (nSPS) is 12.2. The predicted octanol–water partition coefficient (Wildman–Crippen LogP) is 4.97. The number of benzene rings is 2. The zero-order valence-corrected chi connectivity index (χ0v) is 17.7. The number of para-hydroxylation sites is 1. The third-order valence-electron chi connectivity index (χ3n) is 4.20. The highest BCUT2D eigenvalue weighted by molar-refractivity contribution is 9.10. The first-order chi connectivity index (χ1) is 14.2. The van der Waals surface area contributed by atoms with Gasteiger partial charge < -0.3 is 14.2 Å². The summed E-state index contributed by atoms with van der Waals surface area (Å²) in [6.45, 7) is 4.66. The Morgan fingerprint density at radius 3 is 2.83 bits per heavy atom. The van der Waals surface area contributed by atoms with Crippen LogP contribution in [-0.2, 0) is 18.9 Å². The van der Waals surface area contributed by atoms with Crippen molar-refractivity contribution in [2.75, 3.05) is 6.79 Å². The van der Waals surface area contributed by atoms with Gasteiger partial charge in [-0.25, -0.2) is 4.39 Å². The molecule has 0 saturated heterocycles. The van der Waals surface area contributed by atoms with Gasteiger partial charge in [0.2, 0.25) is 6.79 Å². The summed E-state index contributed by atoms with van der Waals surface area (Å²) >= 11 is 5.10. The van der Waals surface area contributed by atoms with E-state index in [0.29, 0.717) is 18.1 Å². The zero-order valence-electron chi connectivity index (χ0n) is 15.3. The van der Waals surface area contributed by atoms with E-state index in [1.54, 1.807) is 24.3 Å². The van der Waals surface area contributed by atoms with Crippen LogP contribution in [0.3, 0.4) is 0 Å². The lowest BCUT2D eigenvalue weighted by Gasteiger charge is -2.10. The van der Waals surface area contributed by atoms with Crippen LogP contribution in [0.2, 0.25) is 0 Å². The molecular weight excluding hydrogens is 461 g/mol. The van der Waals surface area contributed by atoms with Gasteiger partial charge in [0.25, 0.3) is 0 Å². The van der Waals surface area contributed by atoms with Crippen LogP contribution >= 0.6 is 27.7 Å². The molecule has 3 aromatic rings. The van der Waals surface area contributed by atoms with E-state index >= 15 is 0 Å². The fourth-order valence-electron chi connectivity index (χ4n) is 2.76. The topological polar surface area (TPSA) is 58.4 Å². The molecule has 0 unspecified atom stereocenters. The number of fused-ring (bicyclic) bond motifs is 1. The SMILES string of the molecule is C=CCn1c(COc2ccccc2F)nnc1SCc1cc2c(cc1Br)OCO2. The molecule has 29 heavy (non-hydrogen) atoms. The quantitative estimate of drug-likeness (QED) is 0.337. The standard InChI is InChI=1S/C20H17BrFN3O3S/c1-2-7-25-19(10-26-16-6-4-3-5-15(16)22)23-24-20(25)29-11-13-8-17-18(9-14(13)21)28-12-27-17/h2-6,8-9H,1,7,10-12H2. The number of halogens is 2. The number of thioether (sulfide) groups is 1. The molecule has 0 bridgehead atoms. The smallest absolute Gasteiger partial charge is 0.231 e. The molecule has 4 rings (SSSR count). The Balaban J connectivity index is 1.48. The molecule has 6 nitrogen and oxygen atoms in total. The minimum atomic E-state index is -0.412. The molecule has 1 aromatic heterocycles. The van der Waals surface area contributed by atoms with Crippen LogP contribution in [0, 0.1) is 5.82 Å². The van der Waals surface area contributed by atoms with Gasteiger partial charge in [0.05, 0.1) is 0 Å². The lowest BCUT2D eigenvalue weighted by Crippen LogP contribution is -2.08. The maximum Gasteiger partial charge on any atom is 0.231 e. The van der Waals surface area contributed by atoms with Gasteiger partial charge in [-0.2, -0.15) is 0 Å². The Morgan fingerprint density at radius 1 is 1.24 bits per heavy atom. The van der Waals surface area contributed by atoms with Crippen molar-refractivity contribution in [3.63, 3.8) is 0 Å². The number of allylic oxidation sites excluding steroid dienone is 1. The molecule has 1 aliphatic heterocycles. The van der Waals surface area contributed by atoms with Crippen LogP contribution < -0.4 is 14.2 Å². The van der Waals surface area contributed by atoms with Crippen molar-refractivity contribution in [2.45, 2.75) is 24.1 Å². The second kappa shape index (κ2) is 8.87. The Bertz CT molecular complexity index is 1040. The van der Waals surface area contributed by atoms with Crippen molar-refractivity contribution < 1.29 is 18.6 Å². The third kappa shape index (κ3) is 4.40. The second-order valence-electron chi connectivity index (χ2n) is 6.10. The average molecular weight is 478 g/mol. The molecule has 0 N–H and O–H groups in total. The molecule has 2 aromatic carbocycles. The van der Waals surface area contributed by atoms with Gasteiger partial charge in [-0.3, -0.25) is 4.57 Å². The molecule has 2 heterocycles. The fourth-order valence-corrected chi connectivity index (χ4v) is 4.37. The van der Waals surface area contributed by atoms with Gasteiger partial charge >= 0.3 is 0 Å². The molecule has 9 heteroatoms. The third-order valence-corrected chi connectivity index (χ3v) is 5.95. The van der Waals surface area contributed by atoms with Gasteiger partial charge in [-0.1, -0.05) is 45.9 Å². The summed E-state index contributed by atoms with van der Waals surface area (Å²) in [5, 5.41) is 9.21. The highest BCUT2D eigenvalue weighted by atomic mass is 79.9. The lowest BCUT2D eigenvalue weighted by atomic mass is 10.2. The van der Waals surface area contributed by atoms with Crippen molar-refractivity contribution in [3.05, 3.63) is 70.7 Å². The first-order valence-electron chi connectivity index (χ1n) is 8.77. The van der Waals surface area contributed by atoms with Crippen molar-refractivity contribution in [3.8, 4) is 17.2 Å². The van der Waals surface area contributed by atoms with Crippen LogP contribution in [0.1, 0.15) is 11.4 Å². The number of aromatic nitrogens is 3. The first kappa shape index (κ1) is 19.8. The van der Waals surface area contributed by atoms with E-state index in [2.05, 4.69) is 32.7 Å². The van der Waals surface area contributed by atoms with Gasteiger partial charge in [0.15, 0.2) is 34.0 Å². The Hall–Kier alpha value is -2.52. The number of hydrogen-bond acceptors (Lipinski definition) is 6. The minimum Gasteiger partial charge on any atom is -0.483 e. The Morgan fingerprint density at radius 2 is 2.03 bits per heavy atom. The van der Waals surface area contributed by atoms with E-state index in [0.717, 1.165) is 26.7 Å². The molecule has 1 aliphatic rings. The Labute approximate surface area is 179 Å². The summed E-state index contributed by atoms with van der Waals surface area (Å²) in [4.78, 5) is 0. The summed E-state index contributed by atoms with van der Waals surface area (Å²) in [5.41, 5.74) is 1.05. The largest absolute Gasteiger partial charge is 0.483 e. The predicted molar refractivity (Wildman–Crippen MR) is 111 cm³/mol. The van der Waals surface area contributed by atoms with Crippen LogP contribution in [0.5, 0.6) is 17.2 Å². The molecule has 0 aliphatic carbocycles. The molecule has 0 spiro atoms. The first-order valence-corrected chi connectivity index (χ1v) is 10.5. The second-order valence-corrected chi connectivity index (χ2v) is 7.90. The van der Waals surface area contributed by atoms with E-state index in [4.69, 9.17) is 14.2 Å². The van der Waals surface area contributed by atoms with Crippen molar-refractivity contribution >= 4 is 27.7 Å². The van der Waals surface area contributed by atoms with Gasteiger partial charge in [-0.15, -0.1) is 16.8 Å². The van der Waals surface area contributed by atoms with Crippen LogP contribution in [-0.4, -0.2) is 21.6 Å². The molecule has 0 amide bonds. The van der Waals surface area contributed by atoms with Crippen LogP contribution in [0.4, 0.5) is 4.39 Å². The number of rotatable bonds is 8. The highest BCUT2D eigenvalue weighted by Crippen LogP contribution is 2.38. The molecule has 0 saturated carbocycles. The maximum atomic E-state index is 13.8. The van der Waals surface area contributed by atoms with E-state index in [1.807, 2.05) is 16.7 Å². The number of hydrogen-bond donors (Lipinski definition) is 0. The molecule has 150 valence electrons. The molecule has 0 fully saturated rings. The maximum absolute atomic E-state index is 13.8. The molecule has 0 atom stereocenters. The summed E-state index contributed by atoms with van der Waals surface area (Å²) in [6, 6.07) is 10.1. The van der Waals surface area contributed by atoms with E-state index in [9.17, 15) is 4.39 Å². The lowest BCUT2D eigenvalue weighted by molar-refractivity contribution is 0.174. The van der Waals surface area contributed by atoms with Gasteiger partial charge in [0.1, 0.15) is 6.61 Å².